The molecule has 0 aromatic carbocycles. The molecule has 0 spiro atoms. The zero-order chi connectivity index (χ0) is 19.6. The number of rotatable bonds is 17. The van der Waals surface area contributed by atoms with E-state index >= 15 is 0 Å². The van der Waals surface area contributed by atoms with E-state index in [0.717, 1.165) is 19.3 Å². The molecule has 7 heteroatoms. The first kappa shape index (κ1) is 24.8. The van der Waals surface area contributed by atoms with Crippen molar-refractivity contribution in [2.75, 3.05) is 53.4 Å². The fourth-order valence-electron chi connectivity index (χ4n) is 2.23. The first-order chi connectivity index (χ1) is 12.6. The highest BCUT2D eigenvalue weighted by molar-refractivity contribution is 5.72. The van der Waals surface area contributed by atoms with Gasteiger partial charge in [-0.3, -0.25) is 9.59 Å². The second-order valence-corrected chi connectivity index (χ2v) is 6.07. The predicted molar refractivity (Wildman–Crippen MR) is 97.9 cm³/mol. The van der Waals surface area contributed by atoms with Crippen LogP contribution in [-0.2, 0) is 33.3 Å². The topological polar surface area (TPSA) is 80.3 Å². The van der Waals surface area contributed by atoms with Crippen LogP contribution in [0.3, 0.4) is 0 Å². The van der Waals surface area contributed by atoms with Crippen LogP contribution in [0.4, 0.5) is 0 Å². The van der Waals surface area contributed by atoms with Crippen LogP contribution >= 0.6 is 0 Å². The Labute approximate surface area is 157 Å². The molecule has 2 unspecified atom stereocenters. The molecule has 0 rings (SSSR count). The Morgan fingerprint density at radius 2 is 1.50 bits per heavy atom. The molecule has 0 radical (unpaired) electrons. The molecule has 0 fully saturated rings. The molecule has 0 aliphatic carbocycles. The molecule has 0 aliphatic rings. The van der Waals surface area contributed by atoms with Crippen molar-refractivity contribution in [1.29, 1.82) is 0 Å². The average molecular weight is 376 g/mol. The fourth-order valence-corrected chi connectivity index (χ4v) is 2.23. The van der Waals surface area contributed by atoms with Crippen molar-refractivity contribution in [2.24, 2.45) is 11.8 Å². The number of methoxy groups -OCH3 is 1. The van der Waals surface area contributed by atoms with Crippen LogP contribution in [0.15, 0.2) is 0 Å². The van der Waals surface area contributed by atoms with Gasteiger partial charge in [-0.15, -0.1) is 0 Å². The monoisotopic (exact) mass is 376 g/mol. The van der Waals surface area contributed by atoms with Gasteiger partial charge in [0, 0.05) is 26.9 Å². The molecule has 0 amide bonds. The standard InChI is InChI=1S/C19H36O7/c1-5-17(19(21)26-14-12-22-4)8-7-10-24-11-9-16(3)18(20)25-15-13-23-6-2/h16-17H,5-15H2,1-4H3. The Morgan fingerprint density at radius 3 is 2.15 bits per heavy atom. The largest absolute Gasteiger partial charge is 0.463 e. The number of esters is 2. The van der Waals surface area contributed by atoms with Crippen molar-refractivity contribution >= 4 is 11.9 Å². The summed E-state index contributed by atoms with van der Waals surface area (Å²) in [4.78, 5) is 23.6. The second kappa shape index (κ2) is 17.2. The highest BCUT2D eigenvalue weighted by Crippen LogP contribution is 2.13. The molecular weight excluding hydrogens is 340 g/mol. The molecule has 2 atom stereocenters. The number of carbonyl (C=O) groups is 2. The van der Waals surface area contributed by atoms with Gasteiger partial charge in [0.1, 0.15) is 13.2 Å². The first-order valence-electron chi connectivity index (χ1n) is 9.54. The van der Waals surface area contributed by atoms with Crippen molar-refractivity contribution in [3.8, 4) is 0 Å². The van der Waals surface area contributed by atoms with Gasteiger partial charge in [0.25, 0.3) is 0 Å². The Bertz CT molecular complexity index is 360. The van der Waals surface area contributed by atoms with E-state index in [1.54, 1.807) is 7.11 Å². The summed E-state index contributed by atoms with van der Waals surface area (Å²) in [5, 5.41) is 0. The quantitative estimate of drug-likeness (QED) is 0.285. The third kappa shape index (κ3) is 13.1. The molecule has 7 nitrogen and oxygen atoms in total. The van der Waals surface area contributed by atoms with Gasteiger partial charge >= 0.3 is 11.9 Å². The van der Waals surface area contributed by atoms with Crippen molar-refractivity contribution in [3.63, 3.8) is 0 Å². The third-order valence-corrected chi connectivity index (χ3v) is 3.97. The Balaban J connectivity index is 3.71. The summed E-state index contributed by atoms with van der Waals surface area (Å²) < 4.78 is 25.8. The molecular formula is C19H36O7. The van der Waals surface area contributed by atoms with E-state index in [4.69, 9.17) is 23.7 Å². The van der Waals surface area contributed by atoms with E-state index < -0.39 is 0 Å². The first-order valence-corrected chi connectivity index (χ1v) is 9.54. The molecule has 0 N–H and O–H groups in total. The lowest BCUT2D eigenvalue weighted by atomic mass is 10.0. The van der Waals surface area contributed by atoms with E-state index in [1.807, 2.05) is 20.8 Å². The van der Waals surface area contributed by atoms with Gasteiger partial charge in [0.05, 0.1) is 25.0 Å². The lowest BCUT2D eigenvalue weighted by Crippen LogP contribution is -2.20. The molecule has 154 valence electrons. The number of hydrogen-bond acceptors (Lipinski definition) is 7. The number of hydrogen-bond donors (Lipinski definition) is 0. The second-order valence-electron chi connectivity index (χ2n) is 6.07. The molecule has 0 aromatic heterocycles. The van der Waals surface area contributed by atoms with Gasteiger partial charge in [-0.05, 0) is 32.6 Å². The zero-order valence-corrected chi connectivity index (χ0v) is 16.8. The number of ether oxygens (including phenoxy) is 5. The van der Waals surface area contributed by atoms with Crippen LogP contribution in [0.5, 0.6) is 0 Å². The van der Waals surface area contributed by atoms with Gasteiger partial charge in [-0.2, -0.15) is 0 Å². The summed E-state index contributed by atoms with van der Waals surface area (Å²) >= 11 is 0. The maximum Gasteiger partial charge on any atom is 0.309 e. The summed E-state index contributed by atoms with van der Waals surface area (Å²) in [5.74, 6) is -0.698. The van der Waals surface area contributed by atoms with E-state index in [9.17, 15) is 9.59 Å². The van der Waals surface area contributed by atoms with Gasteiger partial charge in [-0.25, -0.2) is 0 Å². The smallest absolute Gasteiger partial charge is 0.309 e. The minimum atomic E-state index is -0.224. The van der Waals surface area contributed by atoms with Crippen LogP contribution in [0.25, 0.3) is 0 Å². The summed E-state index contributed by atoms with van der Waals surface area (Å²) in [7, 11) is 1.57. The Hall–Kier alpha value is -1.18. The Morgan fingerprint density at radius 1 is 0.808 bits per heavy atom. The van der Waals surface area contributed by atoms with Gasteiger partial charge in [-0.1, -0.05) is 13.8 Å². The van der Waals surface area contributed by atoms with Gasteiger partial charge < -0.3 is 23.7 Å². The predicted octanol–water partition coefficient (Wildman–Crippen LogP) is 2.60. The fraction of sp³-hybridized carbons (Fsp3) is 0.895. The summed E-state index contributed by atoms with van der Waals surface area (Å²) in [6.07, 6.45) is 2.88. The van der Waals surface area contributed by atoms with E-state index in [0.29, 0.717) is 46.1 Å². The van der Waals surface area contributed by atoms with Crippen LogP contribution in [0.1, 0.15) is 46.5 Å². The lowest BCUT2D eigenvalue weighted by molar-refractivity contribution is -0.151. The molecule has 0 saturated carbocycles. The zero-order valence-electron chi connectivity index (χ0n) is 16.8. The minimum Gasteiger partial charge on any atom is -0.463 e. The van der Waals surface area contributed by atoms with Crippen molar-refractivity contribution in [2.45, 2.75) is 46.5 Å². The molecule has 0 heterocycles. The van der Waals surface area contributed by atoms with Gasteiger partial charge in [0.15, 0.2) is 0 Å². The maximum atomic E-state index is 11.9. The van der Waals surface area contributed by atoms with Crippen molar-refractivity contribution in [3.05, 3.63) is 0 Å². The van der Waals surface area contributed by atoms with E-state index in [2.05, 4.69) is 0 Å². The summed E-state index contributed by atoms with van der Waals surface area (Å²) in [6.45, 7) is 8.80. The SMILES string of the molecule is CCOCCOC(=O)C(C)CCOCCCC(CC)C(=O)OCCOC. The normalized spacial score (nSPS) is 13.2. The summed E-state index contributed by atoms with van der Waals surface area (Å²) in [6, 6.07) is 0. The maximum absolute atomic E-state index is 11.9. The van der Waals surface area contributed by atoms with Crippen molar-refractivity contribution < 1.29 is 33.3 Å². The van der Waals surface area contributed by atoms with E-state index in [-0.39, 0.29) is 30.4 Å². The third-order valence-electron chi connectivity index (χ3n) is 3.97. The minimum absolute atomic E-state index is 0.102. The van der Waals surface area contributed by atoms with E-state index in [1.165, 1.54) is 0 Å². The lowest BCUT2D eigenvalue weighted by Gasteiger charge is -2.14. The van der Waals surface area contributed by atoms with Crippen molar-refractivity contribution in [1.82, 2.24) is 0 Å². The highest BCUT2D eigenvalue weighted by atomic mass is 16.6. The highest BCUT2D eigenvalue weighted by Gasteiger charge is 2.18. The van der Waals surface area contributed by atoms with Crippen LogP contribution in [0.2, 0.25) is 0 Å². The van der Waals surface area contributed by atoms with Crippen LogP contribution < -0.4 is 0 Å². The average Bonchev–Trinajstić information content (AvgIpc) is 2.64. The molecule has 0 saturated heterocycles. The molecule has 0 aliphatic heterocycles. The van der Waals surface area contributed by atoms with Crippen LogP contribution in [-0.4, -0.2) is 65.3 Å². The van der Waals surface area contributed by atoms with Crippen LogP contribution in [0, 0.1) is 11.8 Å². The molecule has 0 bridgehead atoms. The summed E-state index contributed by atoms with van der Waals surface area (Å²) in [5.41, 5.74) is 0. The van der Waals surface area contributed by atoms with Gasteiger partial charge in [0.2, 0.25) is 0 Å². The molecule has 0 aromatic rings. The number of carbonyl (C=O) groups excluding carboxylic acids is 2. The Kier molecular flexibility index (Phi) is 16.5. The molecule has 26 heavy (non-hydrogen) atoms.